The molecule has 1 fully saturated rings. The van der Waals surface area contributed by atoms with Gasteiger partial charge in [0.1, 0.15) is 6.04 Å². The van der Waals surface area contributed by atoms with Crippen LogP contribution in [0.3, 0.4) is 0 Å². The molecule has 3 N–H and O–H groups in total. The lowest BCUT2D eigenvalue weighted by Gasteiger charge is -2.26. The minimum atomic E-state index is -1.07. The first-order valence-corrected chi connectivity index (χ1v) is 5.38. The van der Waals surface area contributed by atoms with Crippen molar-refractivity contribution in [3.63, 3.8) is 0 Å². The van der Waals surface area contributed by atoms with Gasteiger partial charge in [0, 0.05) is 6.54 Å². The first-order valence-electron chi connectivity index (χ1n) is 5.38. The number of aliphatic hydroxyl groups excluding tert-OH is 1. The zero-order valence-electron chi connectivity index (χ0n) is 9.51. The smallest absolute Gasteiger partial charge is 0.325 e. The Morgan fingerprint density at radius 2 is 2.19 bits per heavy atom. The molecule has 1 rings (SSSR count). The Hall–Kier alpha value is -1.30. The Bertz CT molecular complexity index is 282. The zero-order valence-corrected chi connectivity index (χ0v) is 9.51. The molecule has 0 bridgehead atoms. The van der Waals surface area contributed by atoms with Crippen molar-refractivity contribution in [2.45, 2.75) is 32.4 Å². The topological polar surface area (TPSA) is 89.9 Å². The number of carboxylic acids is 1. The largest absolute Gasteiger partial charge is 0.480 e. The summed E-state index contributed by atoms with van der Waals surface area (Å²) in [5.41, 5.74) is 0. The molecule has 0 spiro atoms. The summed E-state index contributed by atoms with van der Waals surface area (Å²) in [4.78, 5) is 23.8. The molecule has 1 heterocycles. The van der Waals surface area contributed by atoms with Crippen LogP contribution in [0.4, 0.5) is 4.79 Å². The minimum absolute atomic E-state index is 0.0873. The molecule has 1 aliphatic rings. The Morgan fingerprint density at radius 3 is 2.69 bits per heavy atom. The highest BCUT2D eigenvalue weighted by molar-refractivity contribution is 5.82. The van der Waals surface area contributed by atoms with Gasteiger partial charge in [-0.2, -0.15) is 0 Å². The second-order valence-electron chi connectivity index (χ2n) is 4.22. The number of aliphatic carboxylic acids is 1. The molecule has 16 heavy (non-hydrogen) atoms. The summed E-state index contributed by atoms with van der Waals surface area (Å²) in [5.74, 6) is -0.822. The van der Waals surface area contributed by atoms with Gasteiger partial charge in [0.15, 0.2) is 0 Å². The number of hydrogen-bond donors (Lipinski definition) is 3. The van der Waals surface area contributed by atoms with E-state index in [2.05, 4.69) is 5.32 Å². The van der Waals surface area contributed by atoms with Crippen molar-refractivity contribution in [2.75, 3.05) is 13.2 Å². The third kappa shape index (κ3) is 2.63. The fraction of sp³-hybridized carbons (Fsp3) is 0.800. The van der Waals surface area contributed by atoms with E-state index >= 15 is 0 Å². The summed E-state index contributed by atoms with van der Waals surface area (Å²) in [6, 6.07) is -1.54. The van der Waals surface area contributed by atoms with Gasteiger partial charge in [-0.1, -0.05) is 6.92 Å². The second-order valence-corrected chi connectivity index (χ2v) is 4.22. The fourth-order valence-electron chi connectivity index (χ4n) is 1.87. The monoisotopic (exact) mass is 230 g/mol. The molecule has 0 radical (unpaired) electrons. The van der Waals surface area contributed by atoms with E-state index in [0.717, 1.165) is 6.42 Å². The first-order chi connectivity index (χ1) is 7.47. The van der Waals surface area contributed by atoms with Crippen molar-refractivity contribution in [1.29, 1.82) is 0 Å². The summed E-state index contributed by atoms with van der Waals surface area (Å²) in [7, 11) is 0. The van der Waals surface area contributed by atoms with Crippen LogP contribution in [-0.2, 0) is 4.79 Å². The normalized spacial score (nSPS) is 26.6. The van der Waals surface area contributed by atoms with Crippen molar-refractivity contribution in [3.05, 3.63) is 0 Å². The Morgan fingerprint density at radius 1 is 1.56 bits per heavy atom. The highest BCUT2D eigenvalue weighted by Crippen LogP contribution is 2.23. The van der Waals surface area contributed by atoms with Crippen LogP contribution in [0.2, 0.25) is 0 Å². The van der Waals surface area contributed by atoms with Crippen molar-refractivity contribution in [2.24, 2.45) is 5.92 Å². The quantitative estimate of drug-likeness (QED) is 0.630. The van der Waals surface area contributed by atoms with E-state index in [0.29, 0.717) is 6.54 Å². The van der Waals surface area contributed by atoms with Gasteiger partial charge in [-0.05, 0) is 19.3 Å². The molecule has 0 aliphatic carbocycles. The first kappa shape index (κ1) is 12.8. The summed E-state index contributed by atoms with van der Waals surface area (Å²) in [6.07, 6.45) is 0.833. The van der Waals surface area contributed by atoms with Gasteiger partial charge in [0.05, 0.1) is 12.6 Å². The maximum absolute atomic E-state index is 11.7. The van der Waals surface area contributed by atoms with Crippen molar-refractivity contribution >= 4 is 12.0 Å². The third-order valence-electron chi connectivity index (χ3n) is 3.04. The lowest BCUT2D eigenvalue weighted by Crippen LogP contribution is -2.49. The van der Waals surface area contributed by atoms with Gasteiger partial charge in [0.25, 0.3) is 0 Å². The third-order valence-corrected chi connectivity index (χ3v) is 3.04. The van der Waals surface area contributed by atoms with Gasteiger partial charge >= 0.3 is 12.0 Å². The number of nitrogens with one attached hydrogen (secondary N) is 1. The van der Waals surface area contributed by atoms with E-state index in [9.17, 15) is 9.59 Å². The van der Waals surface area contributed by atoms with E-state index in [1.165, 1.54) is 11.8 Å². The minimum Gasteiger partial charge on any atom is -0.480 e. The molecular weight excluding hydrogens is 212 g/mol. The van der Waals surface area contributed by atoms with Gasteiger partial charge in [0.2, 0.25) is 0 Å². The molecule has 3 atom stereocenters. The zero-order chi connectivity index (χ0) is 12.3. The summed E-state index contributed by atoms with van der Waals surface area (Å²) in [5, 5.41) is 20.2. The van der Waals surface area contributed by atoms with Crippen molar-refractivity contribution < 1.29 is 19.8 Å². The molecule has 6 heteroatoms. The Kier molecular flexibility index (Phi) is 4.12. The Labute approximate surface area is 94.2 Å². The average molecular weight is 230 g/mol. The lowest BCUT2D eigenvalue weighted by molar-refractivity contribution is -0.138. The van der Waals surface area contributed by atoms with E-state index in [-0.39, 0.29) is 18.6 Å². The van der Waals surface area contributed by atoms with Crippen LogP contribution >= 0.6 is 0 Å². The molecule has 2 unspecified atom stereocenters. The van der Waals surface area contributed by atoms with Crippen LogP contribution in [0.25, 0.3) is 0 Å². The van der Waals surface area contributed by atoms with Gasteiger partial charge < -0.3 is 20.4 Å². The number of likely N-dealkylation sites (tertiary alicyclic amines) is 1. The predicted molar refractivity (Wildman–Crippen MR) is 57.0 cm³/mol. The number of rotatable bonds is 3. The maximum Gasteiger partial charge on any atom is 0.325 e. The number of amides is 2. The summed E-state index contributed by atoms with van der Waals surface area (Å²) in [6.45, 7) is 3.85. The number of carboxylic acid groups (broad SMARTS) is 1. The molecule has 1 saturated heterocycles. The van der Waals surface area contributed by atoms with Gasteiger partial charge in [-0.3, -0.25) is 4.79 Å². The van der Waals surface area contributed by atoms with Crippen LogP contribution in [-0.4, -0.2) is 52.3 Å². The van der Waals surface area contributed by atoms with Crippen LogP contribution in [0, 0.1) is 5.92 Å². The molecule has 0 aromatic heterocycles. The van der Waals surface area contributed by atoms with E-state index in [4.69, 9.17) is 10.2 Å². The number of urea groups is 1. The van der Waals surface area contributed by atoms with Gasteiger partial charge in [-0.25, -0.2) is 4.79 Å². The standard InChI is InChI=1S/C10H18N2O4/c1-6-3-4-12(8(6)5-13)10(16)11-7(2)9(14)15/h6-8,13H,3-5H2,1-2H3,(H,11,16)(H,14,15)/t6?,7-,8?/m0/s1. The molecule has 2 amide bonds. The average Bonchev–Trinajstić information content (AvgIpc) is 2.59. The Balaban J connectivity index is 2.57. The van der Waals surface area contributed by atoms with Gasteiger partial charge in [-0.15, -0.1) is 0 Å². The SMILES string of the molecule is CC1CCN(C(=O)N[C@@H](C)C(=O)O)C1CO. The molecule has 92 valence electrons. The number of carbonyl (C=O) groups excluding carboxylic acids is 1. The molecule has 0 saturated carbocycles. The molecule has 0 aromatic carbocycles. The van der Waals surface area contributed by atoms with Crippen LogP contribution in [0.15, 0.2) is 0 Å². The lowest BCUT2D eigenvalue weighted by atomic mass is 10.0. The fourth-order valence-corrected chi connectivity index (χ4v) is 1.87. The second kappa shape index (κ2) is 5.16. The summed E-state index contributed by atoms with van der Waals surface area (Å²) >= 11 is 0. The molecular formula is C10H18N2O4. The molecule has 1 aliphatic heterocycles. The van der Waals surface area contributed by atoms with Crippen LogP contribution in [0.1, 0.15) is 20.3 Å². The van der Waals surface area contributed by atoms with Crippen LogP contribution in [0.5, 0.6) is 0 Å². The number of aliphatic hydroxyl groups is 1. The molecule has 6 nitrogen and oxygen atoms in total. The number of nitrogens with zero attached hydrogens (tertiary/aromatic N) is 1. The van der Waals surface area contributed by atoms with E-state index < -0.39 is 18.0 Å². The van der Waals surface area contributed by atoms with E-state index in [1.54, 1.807) is 0 Å². The number of carbonyl (C=O) groups is 2. The van der Waals surface area contributed by atoms with Crippen molar-refractivity contribution in [1.82, 2.24) is 10.2 Å². The van der Waals surface area contributed by atoms with Crippen molar-refractivity contribution in [3.8, 4) is 0 Å². The number of hydrogen-bond acceptors (Lipinski definition) is 3. The highest BCUT2D eigenvalue weighted by atomic mass is 16.4. The predicted octanol–water partition coefficient (Wildman–Crippen LogP) is -0.128. The van der Waals surface area contributed by atoms with E-state index in [1.807, 2.05) is 6.92 Å². The summed E-state index contributed by atoms with van der Waals surface area (Å²) < 4.78 is 0. The molecule has 0 aromatic rings. The maximum atomic E-state index is 11.7. The highest BCUT2D eigenvalue weighted by Gasteiger charge is 2.34. The van der Waals surface area contributed by atoms with Crippen LogP contribution < -0.4 is 5.32 Å².